The van der Waals surface area contributed by atoms with Gasteiger partial charge in [-0.2, -0.15) is 0 Å². The second-order valence-corrected chi connectivity index (χ2v) is 12.3. The molecule has 0 spiro atoms. The van der Waals surface area contributed by atoms with E-state index in [4.69, 9.17) is 25.5 Å². The van der Waals surface area contributed by atoms with E-state index in [9.17, 15) is 0 Å². The monoisotopic (exact) mass is 669 g/mol. The first-order valence-corrected chi connectivity index (χ1v) is 15.8. The maximum absolute atomic E-state index is 7.24. The van der Waals surface area contributed by atoms with Crippen molar-refractivity contribution in [2.45, 2.75) is 25.3 Å². The van der Waals surface area contributed by atoms with E-state index in [0.717, 1.165) is 64.4 Å². The predicted molar refractivity (Wildman–Crippen MR) is 181 cm³/mol. The van der Waals surface area contributed by atoms with Crippen LogP contribution in [0.25, 0.3) is 4.85 Å². The van der Waals surface area contributed by atoms with Gasteiger partial charge in [0.15, 0.2) is 5.69 Å². The van der Waals surface area contributed by atoms with Crippen LogP contribution in [0.15, 0.2) is 89.4 Å². The smallest absolute Gasteiger partial charge is 0.187 e. The van der Waals surface area contributed by atoms with Gasteiger partial charge in [-0.1, -0.05) is 64.5 Å². The van der Waals surface area contributed by atoms with Crippen LogP contribution in [-0.2, 0) is 22.6 Å². The summed E-state index contributed by atoms with van der Waals surface area (Å²) in [5, 5.41) is 0. The van der Waals surface area contributed by atoms with Gasteiger partial charge in [0.05, 0.1) is 34.0 Å². The number of hydrogen-bond acceptors (Lipinski definition) is 6. The number of nitrogens with zero attached hydrogens (tertiary/aromatic N) is 3. The fourth-order valence-electron chi connectivity index (χ4n) is 5.75. The van der Waals surface area contributed by atoms with E-state index >= 15 is 0 Å². The Morgan fingerprint density at radius 1 is 0.711 bits per heavy atom. The number of fused-ring (bicyclic) bond motifs is 2. The Bertz CT molecular complexity index is 1640. The highest BCUT2D eigenvalue weighted by molar-refractivity contribution is 9.10. The highest BCUT2D eigenvalue weighted by Crippen LogP contribution is 2.35. The van der Waals surface area contributed by atoms with Crippen LogP contribution in [0, 0.1) is 6.57 Å². The highest BCUT2D eigenvalue weighted by atomic mass is 79.9. The molecule has 0 aliphatic carbocycles. The van der Waals surface area contributed by atoms with E-state index < -0.39 is 0 Å². The maximum Gasteiger partial charge on any atom is 0.187 e. The molecule has 6 rings (SSSR count). The lowest BCUT2D eigenvalue weighted by Crippen LogP contribution is -2.27. The summed E-state index contributed by atoms with van der Waals surface area (Å²) in [4.78, 5) is 8.05. The van der Waals surface area contributed by atoms with Crippen molar-refractivity contribution in [1.29, 1.82) is 0 Å². The molecule has 8 heteroatoms. The molecule has 0 saturated heterocycles. The van der Waals surface area contributed by atoms with Gasteiger partial charge in [-0.15, -0.1) is 0 Å². The summed E-state index contributed by atoms with van der Waals surface area (Å²) < 4.78 is 24.2. The topological polar surface area (TPSA) is 47.8 Å². The molecule has 0 N–H and O–H groups in total. The number of halogens is 1. The van der Waals surface area contributed by atoms with Crippen LogP contribution in [0.5, 0.6) is 11.5 Å². The molecule has 234 valence electrons. The van der Waals surface area contributed by atoms with E-state index in [-0.39, 0.29) is 12.2 Å². The van der Waals surface area contributed by atoms with Crippen LogP contribution in [0.2, 0.25) is 0 Å². The summed E-state index contributed by atoms with van der Waals surface area (Å²) in [6.07, 6.45) is -0.180. The van der Waals surface area contributed by atoms with Crippen molar-refractivity contribution in [1.82, 2.24) is 9.80 Å². The molecule has 4 aromatic rings. The van der Waals surface area contributed by atoms with Crippen LogP contribution in [0.1, 0.15) is 45.6 Å². The fourth-order valence-corrected chi connectivity index (χ4v) is 6.16. The molecular weight excluding hydrogens is 630 g/mol. The number of methoxy groups -OCH3 is 2. The van der Waals surface area contributed by atoms with E-state index in [2.05, 4.69) is 81.1 Å². The number of hydrogen-bond donors (Lipinski definition) is 0. The average molecular weight is 671 g/mol. The van der Waals surface area contributed by atoms with Crippen molar-refractivity contribution >= 4 is 21.6 Å². The Balaban J connectivity index is 0.000000178. The highest BCUT2D eigenvalue weighted by Gasteiger charge is 2.23. The first-order chi connectivity index (χ1) is 21.9. The van der Waals surface area contributed by atoms with Crippen molar-refractivity contribution in [2.75, 3.05) is 54.6 Å². The summed E-state index contributed by atoms with van der Waals surface area (Å²) in [5.41, 5.74) is 7.67. The van der Waals surface area contributed by atoms with Crippen LogP contribution in [0.4, 0.5) is 5.69 Å². The van der Waals surface area contributed by atoms with E-state index in [1.165, 1.54) is 11.1 Å². The van der Waals surface area contributed by atoms with E-state index in [0.29, 0.717) is 18.9 Å². The minimum absolute atomic E-state index is 0.0492. The summed E-state index contributed by atoms with van der Waals surface area (Å²) in [6, 6.07) is 28.4. The SMILES string of the molecule is COc1cccc(C2OCCN(C)Cc3cc(Br)ccc32)c1.[C-]#[N+]c1ccc2c(c1)CN(C)CCOC2c1cccc(OC)c1. The van der Waals surface area contributed by atoms with Gasteiger partial charge in [0, 0.05) is 30.7 Å². The summed E-state index contributed by atoms with van der Waals surface area (Å²) in [7, 11) is 7.56. The number of ether oxygens (including phenoxy) is 4. The predicted octanol–water partition coefficient (Wildman–Crippen LogP) is 7.81. The van der Waals surface area contributed by atoms with Crippen molar-refractivity contribution in [3.63, 3.8) is 0 Å². The Morgan fingerprint density at radius 3 is 1.73 bits per heavy atom. The normalized spacial score (nSPS) is 18.8. The van der Waals surface area contributed by atoms with E-state index in [1.807, 2.05) is 48.5 Å². The molecule has 2 aliphatic heterocycles. The first-order valence-electron chi connectivity index (χ1n) is 15.0. The van der Waals surface area contributed by atoms with Gasteiger partial charge in [0.2, 0.25) is 0 Å². The zero-order valence-electron chi connectivity index (χ0n) is 26.3. The Morgan fingerprint density at radius 2 is 1.22 bits per heavy atom. The molecule has 0 saturated carbocycles. The molecule has 7 nitrogen and oxygen atoms in total. The van der Waals surface area contributed by atoms with Crippen molar-refractivity contribution < 1.29 is 18.9 Å². The van der Waals surface area contributed by atoms with Gasteiger partial charge >= 0.3 is 0 Å². The van der Waals surface area contributed by atoms with Gasteiger partial charge in [-0.25, -0.2) is 4.85 Å². The van der Waals surface area contributed by atoms with Crippen molar-refractivity contribution in [2.24, 2.45) is 0 Å². The van der Waals surface area contributed by atoms with Gasteiger partial charge in [-0.05, 0) is 83.9 Å². The number of rotatable bonds is 4. The first kappa shape index (κ1) is 32.7. The van der Waals surface area contributed by atoms with Crippen LogP contribution < -0.4 is 9.47 Å². The standard InChI is InChI=1S/C19H20N2O2.C18H20BrNO2/c1-20-16-7-8-18-15(11-16)13-21(2)9-10-23-19(18)14-5-4-6-17(12-14)22-3;1-20-8-9-22-18(13-4-3-5-16(11-13)21-2)17-7-6-15(19)10-14(17)12-20/h4-8,11-12,19H,9-10,13H2,2-3H3;3-7,10-11,18H,8-9,12H2,1-2H3. The molecule has 0 amide bonds. The third-order valence-corrected chi connectivity index (χ3v) is 8.61. The molecule has 0 fully saturated rings. The number of likely N-dealkylation sites (N-methyl/N-ethyl adjacent to an activating group) is 2. The lowest BCUT2D eigenvalue weighted by molar-refractivity contribution is 0.0552. The second kappa shape index (κ2) is 15.5. The minimum atomic E-state index is -0.131. The van der Waals surface area contributed by atoms with Crippen molar-refractivity contribution in [3.8, 4) is 11.5 Å². The fraction of sp³-hybridized carbons (Fsp3) is 0.324. The lowest BCUT2D eigenvalue weighted by Gasteiger charge is -2.28. The average Bonchev–Trinajstić information content (AvgIpc) is 3.04. The zero-order valence-corrected chi connectivity index (χ0v) is 27.9. The Labute approximate surface area is 275 Å². The molecule has 0 aromatic heterocycles. The third kappa shape index (κ3) is 8.31. The quantitative estimate of drug-likeness (QED) is 0.207. The Kier molecular flexibility index (Phi) is 11.3. The molecule has 0 bridgehead atoms. The largest absolute Gasteiger partial charge is 0.497 e. The zero-order chi connectivity index (χ0) is 31.8. The van der Waals surface area contributed by atoms with Gasteiger partial charge < -0.3 is 18.9 Å². The van der Waals surface area contributed by atoms with Gasteiger partial charge in [-0.3, -0.25) is 9.80 Å². The molecule has 2 heterocycles. The van der Waals surface area contributed by atoms with Gasteiger partial charge in [0.1, 0.15) is 23.7 Å². The molecular formula is C37H40BrN3O4. The lowest BCUT2D eigenvalue weighted by atomic mass is 9.95. The van der Waals surface area contributed by atoms with Crippen molar-refractivity contribution in [3.05, 3.63) is 134 Å². The summed E-state index contributed by atoms with van der Waals surface area (Å²) in [5.74, 6) is 1.68. The van der Waals surface area contributed by atoms with Crippen LogP contribution in [-0.4, -0.2) is 64.4 Å². The second-order valence-electron chi connectivity index (χ2n) is 11.4. The summed E-state index contributed by atoms with van der Waals surface area (Å²) >= 11 is 3.58. The minimum Gasteiger partial charge on any atom is -0.497 e. The molecule has 4 aromatic carbocycles. The molecule has 2 aliphatic rings. The van der Waals surface area contributed by atoms with Crippen LogP contribution in [0.3, 0.4) is 0 Å². The molecule has 2 atom stereocenters. The van der Waals surface area contributed by atoms with Gasteiger partial charge in [0.25, 0.3) is 0 Å². The Hall–Kier alpha value is -3.71. The molecule has 45 heavy (non-hydrogen) atoms. The third-order valence-electron chi connectivity index (χ3n) is 8.11. The molecule has 2 unspecified atom stereocenters. The maximum atomic E-state index is 7.24. The van der Waals surface area contributed by atoms with E-state index in [1.54, 1.807) is 14.2 Å². The van der Waals surface area contributed by atoms with Crippen LogP contribution >= 0.6 is 15.9 Å². The molecule has 0 radical (unpaired) electrons. The summed E-state index contributed by atoms with van der Waals surface area (Å²) in [6.45, 7) is 12.2. The number of benzene rings is 4.